The summed E-state index contributed by atoms with van der Waals surface area (Å²) in [5.74, 6) is 0.582. The predicted octanol–water partition coefficient (Wildman–Crippen LogP) is -0.107. The molecule has 0 fully saturated rings. The third kappa shape index (κ3) is 1.96. The van der Waals surface area contributed by atoms with Gasteiger partial charge in [-0.2, -0.15) is 0 Å². The van der Waals surface area contributed by atoms with Crippen LogP contribution in [-0.4, -0.2) is 7.05 Å². The fourth-order valence-electron chi connectivity index (χ4n) is 0.0645. The fourth-order valence-corrected chi connectivity index (χ4v) is 0.194. The first-order chi connectivity index (χ1) is 2.81. The highest BCUT2D eigenvalue weighted by atomic mass is 32.1. The molecule has 6 heavy (non-hydrogen) atoms. The van der Waals surface area contributed by atoms with Gasteiger partial charge in [0.1, 0.15) is 5.82 Å². The van der Waals surface area contributed by atoms with Crippen molar-refractivity contribution in [1.29, 1.82) is 0 Å². The Bertz CT molecular complexity index is 59.8. The molecule has 0 saturated heterocycles. The predicted molar refractivity (Wildman–Crippen MR) is 30.3 cm³/mol. The molecule has 0 atom stereocenters. The molecule has 0 spiro atoms. The molecule has 0 aliphatic carbocycles. The number of hydrogen-bond donors (Lipinski definition) is 3. The summed E-state index contributed by atoms with van der Waals surface area (Å²) in [5.41, 5.74) is 5.15. The molecule has 0 radical (unpaired) electrons. The van der Waals surface area contributed by atoms with Gasteiger partial charge in [-0.05, 0) is 0 Å². The van der Waals surface area contributed by atoms with Crippen LogP contribution in [0, 0.1) is 0 Å². The van der Waals surface area contributed by atoms with Gasteiger partial charge in [0.2, 0.25) is 0 Å². The van der Waals surface area contributed by atoms with E-state index >= 15 is 0 Å². The van der Waals surface area contributed by atoms with E-state index in [9.17, 15) is 0 Å². The SMILES string of the molecule is CN/C(N)=C\S. The molecule has 0 unspecified atom stereocenters. The molecule has 3 N–H and O–H groups in total. The first-order valence-corrected chi connectivity index (χ1v) is 2.10. The molecule has 0 saturated carbocycles. The maximum absolute atomic E-state index is 5.15. The van der Waals surface area contributed by atoms with E-state index in [2.05, 4.69) is 17.9 Å². The number of hydrogen-bond acceptors (Lipinski definition) is 3. The summed E-state index contributed by atoms with van der Waals surface area (Å²) in [6.07, 6.45) is 0. The topological polar surface area (TPSA) is 38.0 Å². The number of nitrogens with two attached hydrogens (primary N) is 1. The van der Waals surface area contributed by atoms with E-state index in [4.69, 9.17) is 5.73 Å². The van der Waals surface area contributed by atoms with Crippen LogP contribution < -0.4 is 11.1 Å². The molecule has 36 valence electrons. The molecule has 0 rings (SSSR count). The molecule has 0 aromatic rings. The third-order valence-corrected chi connectivity index (χ3v) is 0.706. The zero-order chi connectivity index (χ0) is 4.99. The molecular formula is C3H8N2S. The van der Waals surface area contributed by atoms with Gasteiger partial charge in [-0.3, -0.25) is 0 Å². The van der Waals surface area contributed by atoms with Gasteiger partial charge in [0.05, 0.1) is 0 Å². The van der Waals surface area contributed by atoms with Gasteiger partial charge in [-0.1, -0.05) is 0 Å². The van der Waals surface area contributed by atoms with Gasteiger partial charge in [-0.25, -0.2) is 0 Å². The van der Waals surface area contributed by atoms with Crippen LogP contribution in [-0.2, 0) is 0 Å². The van der Waals surface area contributed by atoms with Crippen molar-refractivity contribution in [3.63, 3.8) is 0 Å². The van der Waals surface area contributed by atoms with Crippen LogP contribution in [0.4, 0.5) is 0 Å². The first kappa shape index (κ1) is 5.69. The average Bonchev–Trinajstić information content (AvgIpc) is 1.65. The molecule has 0 aromatic heterocycles. The zero-order valence-electron chi connectivity index (χ0n) is 3.60. The van der Waals surface area contributed by atoms with Crippen LogP contribution in [0.3, 0.4) is 0 Å². The number of thiol groups is 1. The Kier molecular flexibility index (Phi) is 2.75. The van der Waals surface area contributed by atoms with E-state index in [0.717, 1.165) is 0 Å². The van der Waals surface area contributed by atoms with Crippen LogP contribution >= 0.6 is 12.6 Å². The Hall–Kier alpha value is -0.310. The third-order valence-electron chi connectivity index (χ3n) is 0.428. The summed E-state index contributed by atoms with van der Waals surface area (Å²) in [6.45, 7) is 0. The average molecular weight is 104 g/mol. The summed E-state index contributed by atoms with van der Waals surface area (Å²) in [4.78, 5) is 0. The minimum absolute atomic E-state index is 0.582. The summed E-state index contributed by atoms with van der Waals surface area (Å²) in [6, 6.07) is 0. The van der Waals surface area contributed by atoms with E-state index < -0.39 is 0 Å². The lowest BCUT2D eigenvalue weighted by atomic mass is 10.8. The second-order valence-corrected chi connectivity index (χ2v) is 1.09. The summed E-state index contributed by atoms with van der Waals surface area (Å²) in [7, 11) is 1.74. The van der Waals surface area contributed by atoms with Crippen molar-refractivity contribution in [2.75, 3.05) is 7.05 Å². The Morgan fingerprint density at radius 3 is 2.50 bits per heavy atom. The van der Waals surface area contributed by atoms with E-state index in [1.165, 1.54) is 5.41 Å². The van der Waals surface area contributed by atoms with E-state index in [0.29, 0.717) is 5.82 Å². The lowest BCUT2D eigenvalue weighted by Crippen LogP contribution is -2.12. The standard InChI is InChI=1S/C3H8N2S/c1-5-3(4)2-6/h2,5-6H,4H2,1H3/b3-2-. The largest absolute Gasteiger partial charge is 0.385 e. The smallest absolute Gasteiger partial charge is 0.102 e. The second kappa shape index (κ2) is 2.90. The monoisotopic (exact) mass is 104 g/mol. The quantitative estimate of drug-likeness (QED) is 0.406. The van der Waals surface area contributed by atoms with Crippen LogP contribution in [0.2, 0.25) is 0 Å². The zero-order valence-corrected chi connectivity index (χ0v) is 4.50. The minimum Gasteiger partial charge on any atom is -0.385 e. The van der Waals surface area contributed by atoms with Gasteiger partial charge in [0.25, 0.3) is 0 Å². The van der Waals surface area contributed by atoms with Gasteiger partial charge in [-0.15, -0.1) is 12.6 Å². The molecular weight excluding hydrogens is 96.1 g/mol. The first-order valence-electron chi connectivity index (χ1n) is 1.59. The highest BCUT2D eigenvalue weighted by molar-refractivity contribution is 7.83. The van der Waals surface area contributed by atoms with Gasteiger partial charge >= 0.3 is 0 Å². The lowest BCUT2D eigenvalue weighted by Gasteiger charge is -1.91. The molecule has 0 heterocycles. The summed E-state index contributed by atoms with van der Waals surface area (Å²) >= 11 is 3.75. The lowest BCUT2D eigenvalue weighted by molar-refractivity contribution is 0.971. The van der Waals surface area contributed by atoms with Crippen LogP contribution in [0.15, 0.2) is 11.2 Å². The van der Waals surface area contributed by atoms with Crippen molar-refractivity contribution in [2.24, 2.45) is 5.73 Å². The maximum atomic E-state index is 5.15. The Morgan fingerprint density at radius 1 is 2.00 bits per heavy atom. The summed E-state index contributed by atoms with van der Waals surface area (Å²) < 4.78 is 0. The molecule has 0 amide bonds. The Morgan fingerprint density at radius 2 is 2.50 bits per heavy atom. The van der Waals surface area contributed by atoms with Gasteiger partial charge in [0, 0.05) is 12.5 Å². The molecule has 0 bridgehead atoms. The maximum Gasteiger partial charge on any atom is 0.102 e. The van der Waals surface area contributed by atoms with E-state index in [-0.39, 0.29) is 0 Å². The normalized spacial score (nSPS) is 11.3. The molecule has 0 aromatic carbocycles. The highest BCUT2D eigenvalue weighted by Gasteiger charge is 1.70. The molecule has 3 heteroatoms. The van der Waals surface area contributed by atoms with Crippen molar-refractivity contribution < 1.29 is 0 Å². The second-order valence-electron chi connectivity index (χ2n) is 0.834. The number of rotatable bonds is 1. The number of nitrogens with one attached hydrogen (secondary N) is 1. The molecule has 0 aliphatic heterocycles. The van der Waals surface area contributed by atoms with E-state index in [1.807, 2.05) is 0 Å². The van der Waals surface area contributed by atoms with Gasteiger partial charge in [0.15, 0.2) is 0 Å². The van der Waals surface area contributed by atoms with Crippen molar-refractivity contribution in [3.8, 4) is 0 Å². The van der Waals surface area contributed by atoms with Crippen molar-refractivity contribution in [1.82, 2.24) is 5.32 Å². The summed E-state index contributed by atoms with van der Waals surface area (Å²) in [5, 5.41) is 4.18. The van der Waals surface area contributed by atoms with Crippen molar-refractivity contribution in [2.45, 2.75) is 0 Å². The fraction of sp³-hybridized carbons (Fsp3) is 0.333. The van der Waals surface area contributed by atoms with Crippen molar-refractivity contribution >= 4 is 12.6 Å². The Labute approximate surface area is 42.8 Å². The van der Waals surface area contributed by atoms with Gasteiger partial charge < -0.3 is 11.1 Å². The van der Waals surface area contributed by atoms with Crippen molar-refractivity contribution in [3.05, 3.63) is 11.2 Å². The van der Waals surface area contributed by atoms with E-state index in [1.54, 1.807) is 7.05 Å². The Balaban J connectivity index is 3.22. The van der Waals surface area contributed by atoms with Crippen LogP contribution in [0.5, 0.6) is 0 Å². The van der Waals surface area contributed by atoms with Crippen LogP contribution in [0.1, 0.15) is 0 Å². The highest BCUT2D eigenvalue weighted by Crippen LogP contribution is 1.75. The molecule has 0 aliphatic rings. The molecule has 2 nitrogen and oxygen atoms in total. The van der Waals surface area contributed by atoms with Crippen LogP contribution in [0.25, 0.3) is 0 Å². The minimum atomic E-state index is 0.582.